The second-order valence-electron chi connectivity index (χ2n) is 8.33. The van der Waals surface area contributed by atoms with Crippen LogP contribution in [0.15, 0.2) is 111 Å². The molecule has 0 saturated heterocycles. The summed E-state index contributed by atoms with van der Waals surface area (Å²) in [6.07, 6.45) is 0. The Morgan fingerprint density at radius 3 is 2.31 bits per heavy atom. The summed E-state index contributed by atoms with van der Waals surface area (Å²) in [6, 6.07) is 31.4. The summed E-state index contributed by atoms with van der Waals surface area (Å²) in [6.45, 7) is 4.47. The number of carbonyl (C=O) groups is 1. The summed E-state index contributed by atoms with van der Waals surface area (Å²) in [7, 11) is 0. The maximum absolute atomic E-state index is 13.2. The molecule has 0 radical (unpaired) electrons. The van der Waals surface area contributed by atoms with Gasteiger partial charge in [0.15, 0.2) is 5.76 Å². The van der Waals surface area contributed by atoms with Crippen molar-refractivity contribution in [3.05, 3.63) is 120 Å². The van der Waals surface area contributed by atoms with Gasteiger partial charge in [0.2, 0.25) is 0 Å². The molecule has 4 nitrogen and oxygen atoms in total. The molecular weight excluding hydrogens is 454 g/mol. The van der Waals surface area contributed by atoms with E-state index in [9.17, 15) is 4.79 Å². The summed E-state index contributed by atoms with van der Waals surface area (Å²) in [5, 5.41) is 3.84. The third kappa shape index (κ3) is 5.26. The number of benzene rings is 4. The molecule has 0 unspecified atom stereocenters. The maximum Gasteiger partial charge on any atom is 0.291 e. The van der Waals surface area contributed by atoms with E-state index in [0.717, 1.165) is 21.6 Å². The average molecular weight is 480 g/mol. The molecule has 1 aromatic heterocycles. The molecule has 0 bridgehead atoms. The Kier molecular flexibility index (Phi) is 6.59. The van der Waals surface area contributed by atoms with Gasteiger partial charge in [-0.2, -0.15) is 0 Å². The van der Waals surface area contributed by atoms with Gasteiger partial charge in [-0.15, -0.1) is 0 Å². The van der Waals surface area contributed by atoms with Gasteiger partial charge in [0.1, 0.15) is 17.9 Å². The fourth-order valence-electron chi connectivity index (χ4n) is 3.81. The lowest BCUT2D eigenvalue weighted by Crippen LogP contribution is -2.13. The van der Waals surface area contributed by atoms with Crippen molar-refractivity contribution in [3.63, 3.8) is 0 Å². The van der Waals surface area contributed by atoms with Crippen LogP contribution in [0.25, 0.3) is 11.0 Å². The van der Waals surface area contributed by atoms with Gasteiger partial charge in [-0.3, -0.25) is 4.79 Å². The number of amides is 1. The molecule has 5 aromatic rings. The zero-order valence-electron chi connectivity index (χ0n) is 19.6. The second kappa shape index (κ2) is 10.1. The predicted molar refractivity (Wildman–Crippen MR) is 141 cm³/mol. The molecule has 4 aromatic carbocycles. The highest BCUT2D eigenvalue weighted by molar-refractivity contribution is 7.99. The number of para-hydroxylation sites is 2. The van der Waals surface area contributed by atoms with Gasteiger partial charge in [0, 0.05) is 26.4 Å². The highest BCUT2D eigenvalue weighted by Gasteiger charge is 2.21. The van der Waals surface area contributed by atoms with Crippen molar-refractivity contribution < 1.29 is 13.9 Å². The fourth-order valence-corrected chi connectivity index (χ4v) is 4.72. The van der Waals surface area contributed by atoms with Crippen LogP contribution in [0.1, 0.15) is 27.2 Å². The van der Waals surface area contributed by atoms with Crippen molar-refractivity contribution in [2.75, 3.05) is 5.32 Å². The lowest BCUT2D eigenvalue weighted by molar-refractivity contribution is 0.0995. The third-order valence-electron chi connectivity index (χ3n) is 5.86. The Balaban J connectivity index is 1.33. The Morgan fingerprint density at radius 1 is 0.829 bits per heavy atom. The topological polar surface area (TPSA) is 51.5 Å². The number of nitrogens with one attached hydrogen (secondary N) is 1. The zero-order valence-corrected chi connectivity index (χ0v) is 20.4. The Hall–Kier alpha value is -3.96. The second-order valence-corrected chi connectivity index (χ2v) is 9.48. The van der Waals surface area contributed by atoms with Crippen molar-refractivity contribution >= 4 is 34.3 Å². The Morgan fingerprint density at radius 2 is 1.54 bits per heavy atom. The van der Waals surface area contributed by atoms with E-state index in [2.05, 4.69) is 37.4 Å². The number of carbonyl (C=O) groups excluding carboxylic acids is 1. The number of rotatable bonds is 7. The molecule has 0 fully saturated rings. The summed E-state index contributed by atoms with van der Waals surface area (Å²) in [5.74, 6) is 0.694. The van der Waals surface area contributed by atoms with Gasteiger partial charge < -0.3 is 14.5 Å². The molecule has 1 amide bonds. The van der Waals surface area contributed by atoms with Crippen LogP contribution >= 0.6 is 11.8 Å². The smallest absolute Gasteiger partial charge is 0.291 e. The van der Waals surface area contributed by atoms with Crippen LogP contribution in [0.2, 0.25) is 0 Å². The number of fused-ring (bicyclic) bond motifs is 1. The molecule has 1 heterocycles. The van der Waals surface area contributed by atoms with E-state index >= 15 is 0 Å². The van der Waals surface area contributed by atoms with E-state index in [1.54, 1.807) is 11.8 Å². The molecule has 0 aliphatic carbocycles. The van der Waals surface area contributed by atoms with E-state index in [0.29, 0.717) is 11.3 Å². The van der Waals surface area contributed by atoms with Crippen molar-refractivity contribution in [2.24, 2.45) is 0 Å². The van der Waals surface area contributed by atoms with Crippen LogP contribution < -0.4 is 10.1 Å². The first-order chi connectivity index (χ1) is 17.1. The van der Waals surface area contributed by atoms with Crippen molar-refractivity contribution in [2.45, 2.75) is 30.2 Å². The van der Waals surface area contributed by atoms with E-state index in [1.165, 1.54) is 16.0 Å². The quantitative estimate of drug-likeness (QED) is 0.257. The first-order valence-corrected chi connectivity index (χ1v) is 12.2. The molecule has 0 spiro atoms. The molecule has 0 saturated carbocycles. The maximum atomic E-state index is 13.2. The van der Waals surface area contributed by atoms with Crippen molar-refractivity contribution in [1.82, 2.24) is 0 Å². The van der Waals surface area contributed by atoms with E-state index in [-0.39, 0.29) is 18.3 Å². The zero-order chi connectivity index (χ0) is 24.2. The monoisotopic (exact) mass is 479 g/mol. The number of ether oxygens (including phenoxy) is 1. The molecule has 0 atom stereocenters. The number of hydrogen-bond acceptors (Lipinski definition) is 4. The largest absolute Gasteiger partial charge is 0.489 e. The van der Waals surface area contributed by atoms with Gasteiger partial charge in [0.05, 0.1) is 0 Å². The van der Waals surface area contributed by atoms with E-state index < -0.39 is 0 Å². The molecule has 5 heteroatoms. The molecule has 0 aliphatic rings. The van der Waals surface area contributed by atoms with Crippen LogP contribution in [0.4, 0.5) is 5.69 Å². The van der Waals surface area contributed by atoms with Crippen LogP contribution in [-0.2, 0) is 6.61 Å². The van der Waals surface area contributed by atoms with Crippen LogP contribution in [0, 0.1) is 13.8 Å². The highest BCUT2D eigenvalue weighted by atomic mass is 32.2. The number of hydrogen-bond donors (Lipinski definition) is 1. The average Bonchev–Trinajstić information content (AvgIpc) is 3.26. The lowest BCUT2D eigenvalue weighted by Gasteiger charge is -2.09. The fraction of sp³-hybridized carbons (Fsp3) is 0.100. The van der Waals surface area contributed by atoms with Crippen LogP contribution in [-0.4, -0.2) is 5.91 Å². The molecule has 0 aliphatic heterocycles. The molecule has 35 heavy (non-hydrogen) atoms. The predicted octanol–water partition coefficient (Wildman–Crippen LogP) is 8.03. The van der Waals surface area contributed by atoms with Crippen molar-refractivity contribution in [3.8, 4) is 5.75 Å². The Bertz CT molecular complexity index is 1470. The molecule has 174 valence electrons. The summed E-state index contributed by atoms with van der Waals surface area (Å²) < 4.78 is 11.9. The minimum Gasteiger partial charge on any atom is -0.489 e. The van der Waals surface area contributed by atoms with Crippen molar-refractivity contribution in [1.29, 1.82) is 0 Å². The van der Waals surface area contributed by atoms with Gasteiger partial charge in [-0.05, 0) is 79.6 Å². The molecule has 5 rings (SSSR count). The lowest BCUT2D eigenvalue weighted by atomic mass is 10.1. The standard InChI is InChI=1S/C30H25NO3S/c1-20-12-15-25(18-21(20)2)35-24-16-13-22(14-17-24)31-30(32)29-27(19-33-23-8-4-3-5-9-23)26-10-6-7-11-28(26)34-29/h3-18H,19H2,1-2H3,(H,31,32). The van der Waals surface area contributed by atoms with E-state index in [4.69, 9.17) is 9.15 Å². The van der Waals surface area contributed by atoms with E-state index in [1.807, 2.05) is 78.9 Å². The first kappa shape index (κ1) is 22.8. The SMILES string of the molecule is Cc1ccc(Sc2ccc(NC(=O)c3oc4ccccc4c3COc3ccccc3)cc2)cc1C. The number of aryl methyl sites for hydroxylation is 2. The highest BCUT2D eigenvalue weighted by Crippen LogP contribution is 2.31. The summed E-state index contributed by atoms with van der Waals surface area (Å²) in [5.41, 5.74) is 4.64. The van der Waals surface area contributed by atoms with Crippen LogP contribution in [0.3, 0.4) is 0 Å². The van der Waals surface area contributed by atoms with Gasteiger partial charge in [-0.1, -0.05) is 54.2 Å². The van der Waals surface area contributed by atoms with Gasteiger partial charge in [0.25, 0.3) is 5.91 Å². The normalized spacial score (nSPS) is 10.9. The molecule has 1 N–H and O–H groups in total. The minimum absolute atomic E-state index is 0.231. The third-order valence-corrected chi connectivity index (χ3v) is 6.85. The number of anilines is 1. The number of furan rings is 1. The minimum atomic E-state index is -0.303. The first-order valence-electron chi connectivity index (χ1n) is 11.4. The summed E-state index contributed by atoms with van der Waals surface area (Å²) in [4.78, 5) is 15.5. The van der Waals surface area contributed by atoms with Crippen LogP contribution in [0.5, 0.6) is 5.75 Å². The van der Waals surface area contributed by atoms with Gasteiger partial charge >= 0.3 is 0 Å². The molecular formula is C30H25NO3S. The van der Waals surface area contributed by atoms with Gasteiger partial charge in [-0.25, -0.2) is 0 Å². The Labute approximate surface area is 208 Å². The summed E-state index contributed by atoms with van der Waals surface area (Å²) >= 11 is 1.70.